The summed E-state index contributed by atoms with van der Waals surface area (Å²) >= 11 is 10.1. The fourth-order valence-corrected chi connectivity index (χ4v) is 8.36. The number of benzene rings is 4. The summed E-state index contributed by atoms with van der Waals surface area (Å²) in [5.41, 5.74) is 9.79. The van der Waals surface area contributed by atoms with Gasteiger partial charge >= 0.3 is 0 Å². The monoisotopic (exact) mass is 662 g/mol. The van der Waals surface area contributed by atoms with E-state index in [9.17, 15) is 0 Å². The fourth-order valence-electron chi connectivity index (χ4n) is 5.91. The molecule has 47 heavy (non-hydrogen) atoms. The SMILES string of the molecule is ClC1=C(/C=C\c2cc(-c3ccccc3)cc(-c3ccccc3)[s+]2)CCC/C1=C\C=C1/C=C(c2ccccc2)C=C(c2ccccc2)[SH+]1. The Morgan fingerprint density at radius 1 is 0.574 bits per heavy atom. The molecule has 2 heterocycles. The van der Waals surface area contributed by atoms with Crippen LogP contribution in [0.4, 0.5) is 0 Å². The molecule has 0 nitrogen and oxygen atoms in total. The Morgan fingerprint density at radius 3 is 1.87 bits per heavy atom. The fraction of sp³-hybridized carbons (Fsp3) is 0.0682. The lowest BCUT2D eigenvalue weighted by Gasteiger charge is -2.16. The van der Waals surface area contributed by atoms with E-state index in [2.05, 4.69) is 170 Å². The maximum absolute atomic E-state index is 7.14. The van der Waals surface area contributed by atoms with Crippen LogP contribution in [0.2, 0.25) is 0 Å². The molecule has 0 unspecified atom stereocenters. The van der Waals surface area contributed by atoms with Gasteiger partial charge < -0.3 is 0 Å². The maximum Gasteiger partial charge on any atom is 0.239 e. The van der Waals surface area contributed by atoms with Crippen molar-refractivity contribution >= 4 is 51.3 Å². The largest absolute Gasteiger partial charge is 0.239 e. The van der Waals surface area contributed by atoms with E-state index in [4.69, 9.17) is 11.6 Å². The summed E-state index contributed by atoms with van der Waals surface area (Å²) in [7, 11) is 0. The van der Waals surface area contributed by atoms with Crippen LogP contribution in [-0.4, -0.2) is 0 Å². The zero-order valence-corrected chi connectivity index (χ0v) is 28.5. The highest BCUT2D eigenvalue weighted by atomic mass is 35.5. The van der Waals surface area contributed by atoms with Crippen molar-refractivity contribution in [1.82, 2.24) is 0 Å². The van der Waals surface area contributed by atoms with E-state index in [1.807, 2.05) is 11.3 Å². The van der Waals surface area contributed by atoms with Crippen molar-refractivity contribution in [3.63, 3.8) is 0 Å². The quantitative estimate of drug-likeness (QED) is 0.120. The first-order valence-electron chi connectivity index (χ1n) is 16.0. The van der Waals surface area contributed by atoms with Gasteiger partial charge in [0.05, 0.1) is 0 Å². The predicted molar refractivity (Wildman–Crippen MR) is 209 cm³/mol. The second-order valence-corrected chi connectivity index (χ2v) is 14.3. The van der Waals surface area contributed by atoms with E-state index >= 15 is 0 Å². The normalized spacial score (nSPS) is 16.9. The van der Waals surface area contributed by atoms with Crippen molar-refractivity contribution in [3.8, 4) is 21.6 Å². The standard InChI is InChI=1S/C44H34ClS2/c45-44-36(24-26-40-28-38(32-14-5-1-6-15-32)30-42(46-40)34-18-9-3-10-19-34)22-13-23-37(44)25-27-41-29-39(33-16-7-2-8-17-33)31-43(47-41)35-20-11-4-12-21-35/h1-12,14-21,24-31H,13,22-23H2/q+1/p+1. The highest BCUT2D eigenvalue weighted by Crippen LogP contribution is 2.37. The minimum atomic E-state index is 0.885. The molecule has 0 atom stereocenters. The molecular weight excluding hydrogens is 628 g/mol. The molecule has 0 spiro atoms. The van der Waals surface area contributed by atoms with Crippen LogP contribution in [0, 0.1) is 0 Å². The zero-order chi connectivity index (χ0) is 31.8. The average molecular weight is 663 g/mol. The van der Waals surface area contributed by atoms with Crippen LogP contribution in [-0.2, 0) is 11.8 Å². The first-order valence-corrected chi connectivity index (χ1v) is 18.1. The summed E-state index contributed by atoms with van der Waals surface area (Å²) < 4.78 is 0. The summed E-state index contributed by atoms with van der Waals surface area (Å²) in [6.07, 6.45) is 16.7. The molecule has 3 heteroatoms. The van der Waals surface area contributed by atoms with E-state index in [1.165, 1.54) is 75.9 Å². The average Bonchev–Trinajstić information content (AvgIpc) is 3.15. The van der Waals surface area contributed by atoms with Crippen LogP contribution < -0.4 is 0 Å². The molecule has 7 rings (SSSR count). The van der Waals surface area contributed by atoms with Crippen LogP contribution in [0.25, 0.3) is 38.1 Å². The van der Waals surface area contributed by atoms with Gasteiger partial charge in [0.2, 0.25) is 21.1 Å². The molecule has 1 aliphatic carbocycles. The minimum absolute atomic E-state index is 0.885. The summed E-state index contributed by atoms with van der Waals surface area (Å²) in [6.45, 7) is 0. The summed E-state index contributed by atoms with van der Waals surface area (Å²) in [5, 5.41) is 0.885. The van der Waals surface area contributed by atoms with Gasteiger partial charge in [-0.25, -0.2) is 0 Å². The van der Waals surface area contributed by atoms with Gasteiger partial charge in [-0.3, -0.25) is 0 Å². The number of allylic oxidation sites excluding steroid dienone is 9. The molecule has 0 amide bonds. The van der Waals surface area contributed by atoms with Crippen LogP contribution in [0.1, 0.15) is 35.3 Å². The molecule has 228 valence electrons. The molecule has 1 aromatic heterocycles. The first kappa shape index (κ1) is 31.1. The van der Waals surface area contributed by atoms with Gasteiger partial charge in [-0.05, 0) is 83.0 Å². The van der Waals surface area contributed by atoms with E-state index in [0.717, 1.165) is 24.3 Å². The first-order chi connectivity index (χ1) is 23.2. The Kier molecular flexibility index (Phi) is 9.91. The molecule has 0 bridgehead atoms. The van der Waals surface area contributed by atoms with Crippen molar-refractivity contribution in [3.05, 3.63) is 201 Å². The Labute approximate surface area is 291 Å². The third kappa shape index (κ3) is 7.75. The summed E-state index contributed by atoms with van der Waals surface area (Å²) in [4.78, 5) is 5.03. The topological polar surface area (TPSA) is 0 Å². The highest BCUT2D eigenvalue weighted by molar-refractivity contribution is 7.92. The maximum atomic E-state index is 7.14. The number of thiol groups is 1. The summed E-state index contributed by atoms with van der Waals surface area (Å²) in [6, 6.07) is 47.2. The molecule has 0 radical (unpaired) electrons. The Morgan fingerprint density at radius 2 is 1.19 bits per heavy atom. The third-order valence-corrected chi connectivity index (χ3v) is 11.1. The van der Waals surface area contributed by atoms with Gasteiger partial charge in [-0.15, -0.1) is 0 Å². The number of halogens is 1. The molecule has 0 saturated carbocycles. The molecule has 0 saturated heterocycles. The van der Waals surface area contributed by atoms with Crippen molar-refractivity contribution in [1.29, 1.82) is 0 Å². The van der Waals surface area contributed by atoms with Crippen molar-refractivity contribution < 1.29 is 0 Å². The van der Waals surface area contributed by atoms with Crippen LogP contribution in [0.5, 0.6) is 0 Å². The van der Waals surface area contributed by atoms with Crippen LogP contribution in [0.15, 0.2) is 185 Å². The Balaban J connectivity index is 1.19. The van der Waals surface area contributed by atoms with Crippen molar-refractivity contribution in [2.45, 2.75) is 19.3 Å². The molecule has 1 aliphatic heterocycles. The number of hydrogen-bond donors (Lipinski definition) is 0. The van der Waals surface area contributed by atoms with Crippen molar-refractivity contribution in [2.75, 3.05) is 0 Å². The molecular formula is C44H35ClS2+2. The molecule has 2 aliphatic rings. The predicted octanol–water partition coefficient (Wildman–Crippen LogP) is 12.8. The highest BCUT2D eigenvalue weighted by Gasteiger charge is 2.22. The van der Waals surface area contributed by atoms with E-state index in [-0.39, 0.29) is 0 Å². The van der Waals surface area contributed by atoms with Gasteiger partial charge in [0, 0.05) is 58.3 Å². The minimum Gasteiger partial charge on any atom is -0.0837 e. The third-order valence-electron chi connectivity index (χ3n) is 8.36. The lowest BCUT2D eigenvalue weighted by Crippen LogP contribution is -1.99. The van der Waals surface area contributed by atoms with E-state index < -0.39 is 0 Å². The van der Waals surface area contributed by atoms with E-state index in [1.54, 1.807) is 0 Å². The Bertz CT molecular complexity index is 1990. The van der Waals surface area contributed by atoms with E-state index in [0.29, 0.717) is 0 Å². The molecule has 0 N–H and O–H groups in total. The smallest absolute Gasteiger partial charge is 0.0837 e. The summed E-state index contributed by atoms with van der Waals surface area (Å²) in [5.74, 6) is 0. The van der Waals surface area contributed by atoms with Gasteiger partial charge in [0.25, 0.3) is 0 Å². The van der Waals surface area contributed by atoms with Gasteiger partial charge in [-0.1, -0.05) is 121 Å². The van der Waals surface area contributed by atoms with Gasteiger partial charge in [-0.2, -0.15) is 0 Å². The second-order valence-electron chi connectivity index (χ2n) is 11.6. The second kappa shape index (κ2) is 15.0. The van der Waals surface area contributed by atoms with Crippen LogP contribution >= 0.6 is 22.9 Å². The number of hydrogen-bond acceptors (Lipinski definition) is 0. The van der Waals surface area contributed by atoms with Gasteiger partial charge in [0.1, 0.15) is 0 Å². The Hall–Kier alpha value is -4.47. The molecule has 4 aromatic carbocycles. The number of rotatable bonds is 7. The van der Waals surface area contributed by atoms with Crippen molar-refractivity contribution in [2.24, 2.45) is 0 Å². The van der Waals surface area contributed by atoms with Gasteiger partial charge in [0.15, 0.2) is 9.81 Å². The zero-order valence-electron chi connectivity index (χ0n) is 26.0. The molecule has 5 aromatic rings. The van der Waals surface area contributed by atoms with Crippen LogP contribution in [0.3, 0.4) is 0 Å². The lowest BCUT2D eigenvalue weighted by atomic mass is 9.94. The lowest BCUT2D eigenvalue weighted by molar-refractivity contribution is 0.792. The molecule has 0 fully saturated rings.